The third kappa shape index (κ3) is 1.51. The van der Waals surface area contributed by atoms with Gasteiger partial charge in [0.1, 0.15) is 5.41 Å². The summed E-state index contributed by atoms with van der Waals surface area (Å²) in [4.78, 5) is 14.2. The third-order valence-electron chi connectivity index (χ3n) is 4.86. The summed E-state index contributed by atoms with van der Waals surface area (Å²) in [5, 5.41) is 21.6. The number of hydrogen-bond acceptors (Lipinski definition) is 4. The Kier molecular flexibility index (Phi) is 2.52. The molecule has 0 aromatic carbocycles. The Morgan fingerprint density at radius 3 is 2.61 bits per heavy atom. The highest BCUT2D eigenvalue weighted by molar-refractivity contribution is 6.09. The molecular formula is C12H19N3O3. The normalized spacial score (nSPS) is 37.7. The van der Waals surface area contributed by atoms with E-state index < -0.39 is 5.41 Å². The number of fused-ring (bicyclic) bond motifs is 1. The van der Waals surface area contributed by atoms with Gasteiger partial charge in [0.05, 0.1) is 6.10 Å². The molecule has 3 atom stereocenters. The number of carbonyl (C=O) groups excluding carboxylic acids is 1. The van der Waals surface area contributed by atoms with Gasteiger partial charge < -0.3 is 20.9 Å². The van der Waals surface area contributed by atoms with E-state index in [4.69, 9.17) is 10.9 Å². The fraction of sp³-hybridized carbons (Fsp3) is 0.833. The molecule has 0 radical (unpaired) electrons. The second kappa shape index (κ2) is 3.85. The van der Waals surface area contributed by atoms with E-state index in [1.807, 2.05) is 0 Å². The zero-order valence-corrected chi connectivity index (χ0v) is 10.2. The molecule has 1 heterocycles. The van der Waals surface area contributed by atoms with Crippen LogP contribution in [0.2, 0.25) is 0 Å². The maximum Gasteiger partial charge on any atom is 0.236 e. The smallest absolute Gasteiger partial charge is 0.236 e. The Morgan fingerprint density at radius 2 is 2.06 bits per heavy atom. The fourth-order valence-electron chi connectivity index (χ4n) is 3.51. The third-order valence-corrected chi connectivity index (χ3v) is 4.86. The lowest BCUT2D eigenvalue weighted by atomic mass is 10.00. The molecule has 1 amide bonds. The van der Waals surface area contributed by atoms with Gasteiger partial charge in [0.15, 0.2) is 5.84 Å². The second-order valence-electron chi connectivity index (χ2n) is 5.85. The molecule has 1 saturated heterocycles. The largest absolute Gasteiger partial charge is 0.409 e. The highest BCUT2D eigenvalue weighted by Gasteiger charge is 2.57. The SMILES string of the molecule is NC(=NO)C1(C(=O)N2CC3CCC(O)C3C2)CC1. The van der Waals surface area contributed by atoms with Crippen molar-refractivity contribution in [1.29, 1.82) is 0 Å². The lowest BCUT2D eigenvalue weighted by Crippen LogP contribution is -2.43. The van der Waals surface area contributed by atoms with Gasteiger partial charge in [-0.1, -0.05) is 5.16 Å². The van der Waals surface area contributed by atoms with Gasteiger partial charge in [-0.15, -0.1) is 0 Å². The van der Waals surface area contributed by atoms with Gasteiger partial charge in [0.2, 0.25) is 5.91 Å². The van der Waals surface area contributed by atoms with Crippen molar-refractivity contribution in [2.24, 2.45) is 28.1 Å². The first-order chi connectivity index (χ1) is 8.58. The number of rotatable bonds is 2. The van der Waals surface area contributed by atoms with E-state index in [-0.39, 0.29) is 23.8 Å². The topological polar surface area (TPSA) is 99.2 Å². The molecule has 100 valence electrons. The van der Waals surface area contributed by atoms with Crippen LogP contribution in [0, 0.1) is 17.3 Å². The number of nitrogens with two attached hydrogens (primary N) is 1. The minimum Gasteiger partial charge on any atom is -0.409 e. The monoisotopic (exact) mass is 253 g/mol. The van der Waals surface area contributed by atoms with Crippen LogP contribution in [0.4, 0.5) is 0 Å². The van der Waals surface area contributed by atoms with Gasteiger partial charge in [-0.25, -0.2) is 0 Å². The number of carbonyl (C=O) groups is 1. The Balaban J connectivity index is 1.72. The summed E-state index contributed by atoms with van der Waals surface area (Å²) in [6.07, 6.45) is 2.90. The summed E-state index contributed by atoms with van der Waals surface area (Å²) in [5.74, 6) is 0.647. The molecule has 3 unspecified atom stereocenters. The maximum atomic E-state index is 12.4. The van der Waals surface area contributed by atoms with E-state index in [2.05, 4.69) is 5.16 Å². The van der Waals surface area contributed by atoms with Crippen LogP contribution in [0.25, 0.3) is 0 Å². The van der Waals surface area contributed by atoms with Gasteiger partial charge >= 0.3 is 0 Å². The van der Waals surface area contributed by atoms with Crippen LogP contribution >= 0.6 is 0 Å². The standard InChI is InChI=1S/C12H19N3O3/c13-10(14-18)12(3-4-12)11(17)15-5-7-1-2-9(16)8(7)6-15/h7-9,16,18H,1-6H2,(H2,13,14). The van der Waals surface area contributed by atoms with Crippen LogP contribution < -0.4 is 5.73 Å². The second-order valence-corrected chi connectivity index (χ2v) is 5.85. The number of amidine groups is 1. The number of hydrogen-bond donors (Lipinski definition) is 3. The summed E-state index contributed by atoms with van der Waals surface area (Å²) in [5.41, 5.74) is 4.88. The van der Waals surface area contributed by atoms with Crippen LogP contribution in [-0.2, 0) is 4.79 Å². The molecular weight excluding hydrogens is 234 g/mol. The van der Waals surface area contributed by atoms with Crippen molar-refractivity contribution in [3.05, 3.63) is 0 Å². The molecule has 0 aromatic rings. The molecule has 4 N–H and O–H groups in total. The van der Waals surface area contributed by atoms with Crippen LogP contribution in [0.5, 0.6) is 0 Å². The van der Waals surface area contributed by atoms with Gasteiger partial charge in [-0.2, -0.15) is 0 Å². The minimum absolute atomic E-state index is 0.0283. The van der Waals surface area contributed by atoms with Crippen LogP contribution in [0.1, 0.15) is 25.7 Å². The van der Waals surface area contributed by atoms with Crippen molar-refractivity contribution in [3.63, 3.8) is 0 Å². The molecule has 2 aliphatic carbocycles. The van der Waals surface area contributed by atoms with Gasteiger partial charge in [-0.3, -0.25) is 4.79 Å². The number of amides is 1. The first-order valence-corrected chi connectivity index (χ1v) is 6.54. The van der Waals surface area contributed by atoms with Crippen LogP contribution in [0.15, 0.2) is 5.16 Å². The van der Waals surface area contributed by atoms with E-state index in [1.165, 1.54) is 0 Å². The van der Waals surface area contributed by atoms with E-state index in [1.54, 1.807) is 4.90 Å². The van der Waals surface area contributed by atoms with E-state index >= 15 is 0 Å². The fourth-order valence-corrected chi connectivity index (χ4v) is 3.51. The highest BCUT2D eigenvalue weighted by atomic mass is 16.4. The lowest BCUT2D eigenvalue weighted by Gasteiger charge is -2.23. The summed E-state index contributed by atoms with van der Waals surface area (Å²) >= 11 is 0. The average molecular weight is 253 g/mol. The molecule has 0 bridgehead atoms. The van der Waals surface area contributed by atoms with Crippen molar-refractivity contribution in [1.82, 2.24) is 4.90 Å². The number of aliphatic hydroxyl groups is 1. The predicted octanol–water partition coefficient (Wildman–Crippen LogP) is -0.258. The Labute approximate surface area is 105 Å². The molecule has 3 aliphatic rings. The van der Waals surface area contributed by atoms with Crippen molar-refractivity contribution in [2.45, 2.75) is 31.8 Å². The lowest BCUT2D eigenvalue weighted by molar-refractivity contribution is -0.134. The quantitative estimate of drug-likeness (QED) is 0.273. The van der Waals surface area contributed by atoms with E-state index in [0.29, 0.717) is 31.8 Å². The Morgan fingerprint density at radius 1 is 1.33 bits per heavy atom. The molecule has 6 nitrogen and oxygen atoms in total. The van der Waals surface area contributed by atoms with E-state index in [0.717, 1.165) is 12.8 Å². The summed E-state index contributed by atoms with van der Waals surface area (Å²) < 4.78 is 0. The first-order valence-electron chi connectivity index (χ1n) is 6.54. The van der Waals surface area contributed by atoms with Gasteiger partial charge in [0, 0.05) is 19.0 Å². The minimum atomic E-state index is -0.752. The summed E-state index contributed by atoms with van der Waals surface area (Å²) in [6, 6.07) is 0. The van der Waals surface area contributed by atoms with Gasteiger partial charge in [0.25, 0.3) is 0 Å². The number of aliphatic hydroxyl groups excluding tert-OH is 1. The summed E-state index contributed by atoms with van der Waals surface area (Å²) in [6.45, 7) is 1.33. The maximum absolute atomic E-state index is 12.4. The average Bonchev–Trinajstić information content (AvgIpc) is 2.96. The molecule has 6 heteroatoms. The van der Waals surface area contributed by atoms with Crippen LogP contribution in [0.3, 0.4) is 0 Å². The zero-order chi connectivity index (χ0) is 12.9. The van der Waals surface area contributed by atoms with Gasteiger partial charge in [-0.05, 0) is 31.6 Å². The van der Waals surface area contributed by atoms with E-state index in [9.17, 15) is 9.90 Å². The predicted molar refractivity (Wildman–Crippen MR) is 63.9 cm³/mol. The molecule has 0 spiro atoms. The Hall–Kier alpha value is -1.30. The zero-order valence-electron chi connectivity index (χ0n) is 10.2. The van der Waals surface area contributed by atoms with Crippen molar-refractivity contribution in [3.8, 4) is 0 Å². The molecule has 18 heavy (non-hydrogen) atoms. The number of oxime groups is 1. The first kappa shape index (κ1) is 11.8. The Bertz CT molecular complexity index is 405. The van der Waals surface area contributed by atoms with Crippen LogP contribution in [-0.4, -0.2) is 46.1 Å². The highest BCUT2D eigenvalue weighted by Crippen LogP contribution is 2.49. The summed E-state index contributed by atoms with van der Waals surface area (Å²) in [7, 11) is 0. The molecule has 3 fully saturated rings. The molecule has 3 rings (SSSR count). The number of likely N-dealkylation sites (tertiary alicyclic amines) is 1. The molecule has 1 aliphatic heterocycles. The van der Waals surface area contributed by atoms with Crippen molar-refractivity contribution >= 4 is 11.7 Å². The molecule has 0 aromatic heterocycles. The number of nitrogens with zero attached hydrogens (tertiary/aromatic N) is 2. The van der Waals surface area contributed by atoms with Crippen molar-refractivity contribution < 1.29 is 15.1 Å². The molecule has 2 saturated carbocycles. The van der Waals surface area contributed by atoms with Crippen molar-refractivity contribution in [2.75, 3.05) is 13.1 Å².